The molecule has 1 amide bonds. The standard InChI is InChI=1S/C9H11BrINO3S/c1-14-6(15-2)3-12-9(13)5-4-16-8(11)7(5)10/h4,6H,3H2,1-2H3,(H,12,13). The van der Waals surface area contributed by atoms with Crippen LogP contribution >= 0.6 is 49.9 Å². The Morgan fingerprint density at radius 3 is 2.69 bits per heavy atom. The summed E-state index contributed by atoms with van der Waals surface area (Å²) in [5.41, 5.74) is 0.639. The Balaban J connectivity index is 2.56. The number of carbonyl (C=O) groups is 1. The fourth-order valence-corrected chi connectivity index (χ4v) is 3.07. The third-order valence-corrected chi connectivity index (χ3v) is 5.78. The zero-order valence-electron chi connectivity index (χ0n) is 8.75. The highest BCUT2D eigenvalue weighted by Gasteiger charge is 2.15. The molecule has 0 aliphatic carbocycles. The lowest BCUT2D eigenvalue weighted by Crippen LogP contribution is -2.34. The minimum Gasteiger partial charge on any atom is -0.354 e. The summed E-state index contributed by atoms with van der Waals surface area (Å²) < 4.78 is 11.8. The quantitative estimate of drug-likeness (QED) is 0.589. The maximum atomic E-state index is 11.8. The van der Waals surface area contributed by atoms with E-state index in [4.69, 9.17) is 9.47 Å². The van der Waals surface area contributed by atoms with Gasteiger partial charge in [0.2, 0.25) is 0 Å². The maximum Gasteiger partial charge on any atom is 0.253 e. The van der Waals surface area contributed by atoms with Gasteiger partial charge in [0.05, 0.1) is 19.5 Å². The van der Waals surface area contributed by atoms with Gasteiger partial charge in [0.15, 0.2) is 6.29 Å². The second-order valence-electron chi connectivity index (χ2n) is 2.85. The molecule has 1 aromatic heterocycles. The number of ether oxygens (including phenoxy) is 2. The molecular formula is C9H11BrINO3S. The summed E-state index contributed by atoms with van der Waals surface area (Å²) in [7, 11) is 3.06. The van der Waals surface area contributed by atoms with Gasteiger partial charge in [0.25, 0.3) is 5.91 Å². The molecule has 0 fully saturated rings. The molecule has 0 aliphatic rings. The monoisotopic (exact) mass is 419 g/mol. The molecule has 90 valence electrons. The smallest absolute Gasteiger partial charge is 0.253 e. The predicted octanol–water partition coefficient (Wildman–Crippen LogP) is 2.46. The van der Waals surface area contributed by atoms with E-state index in [1.165, 1.54) is 25.6 Å². The van der Waals surface area contributed by atoms with Crippen LogP contribution in [0.2, 0.25) is 0 Å². The van der Waals surface area contributed by atoms with E-state index in [9.17, 15) is 4.79 Å². The van der Waals surface area contributed by atoms with Gasteiger partial charge in [0.1, 0.15) is 0 Å². The summed E-state index contributed by atoms with van der Waals surface area (Å²) >= 11 is 7.07. The van der Waals surface area contributed by atoms with E-state index in [0.717, 1.165) is 7.36 Å². The summed E-state index contributed by atoms with van der Waals surface area (Å²) in [5.74, 6) is -0.134. The van der Waals surface area contributed by atoms with Gasteiger partial charge in [0, 0.05) is 19.6 Å². The number of halogens is 2. The minimum absolute atomic E-state index is 0.134. The number of methoxy groups -OCH3 is 2. The maximum absolute atomic E-state index is 11.8. The van der Waals surface area contributed by atoms with Gasteiger partial charge in [-0.15, -0.1) is 11.3 Å². The molecule has 0 saturated carbocycles. The molecular weight excluding hydrogens is 409 g/mol. The van der Waals surface area contributed by atoms with E-state index in [1.807, 2.05) is 5.38 Å². The molecule has 4 nitrogen and oxygen atoms in total. The van der Waals surface area contributed by atoms with E-state index in [0.29, 0.717) is 12.1 Å². The van der Waals surface area contributed by atoms with Crippen molar-refractivity contribution in [2.75, 3.05) is 20.8 Å². The van der Waals surface area contributed by atoms with Crippen LogP contribution in [-0.2, 0) is 9.47 Å². The molecule has 0 atom stereocenters. The van der Waals surface area contributed by atoms with Crippen molar-refractivity contribution in [1.29, 1.82) is 0 Å². The van der Waals surface area contributed by atoms with Crippen LogP contribution in [0.15, 0.2) is 9.85 Å². The van der Waals surface area contributed by atoms with Gasteiger partial charge in [-0.1, -0.05) is 0 Å². The second-order valence-corrected chi connectivity index (χ2v) is 6.33. The Bertz CT molecular complexity index is 368. The molecule has 1 aromatic rings. The number of hydrogen-bond acceptors (Lipinski definition) is 4. The first-order chi connectivity index (χ1) is 7.60. The first-order valence-corrected chi connectivity index (χ1v) is 7.11. The molecule has 0 saturated heterocycles. The van der Waals surface area contributed by atoms with Gasteiger partial charge in [-0.3, -0.25) is 4.79 Å². The van der Waals surface area contributed by atoms with Crippen molar-refractivity contribution in [1.82, 2.24) is 5.32 Å². The lowest BCUT2D eigenvalue weighted by molar-refractivity contribution is -0.0974. The number of nitrogens with one attached hydrogen (secondary N) is 1. The average Bonchev–Trinajstić information content (AvgIpc) is 2.61. The molecule has 7 heteroatoms. The fourth-order valence-electron chi connectivity index (χ4n) is 1.01. The third kappa shape index (κ3) is 3.66. The second kappa shape index (κ2) is 6.90. The molecule has 0 radical (unpaired) electrons. The van der Waals surface area contributed by atoms with Crippen LogP contribution in [0.4, 0.5) is 0 Å². The number of amides is 1. The van der Waals surface area contributed by atoms with Crippen molar-refractivity contribution >= 4 is 55.8 Å². The normalized spacial score (nSPS) is 10.8. The summed E-state index contributed by atoms with van der Waals surface area (Å²) in [6.07, 6.45) is -0.416. The predicted molar refractivity (Wildman–Crippen MR) is 74.9 cm³/mol. The Morgan fingerprint density at radius 2 is 2.25 bits per heavy atom. The summed E-state index contributed by atoms with van der Waals surface area (Å²) in [5, 5.41) is 4.55. The van der Waals surface area contributed by atoms with Crippen molar-refractivity contribution in [2.45, 2.75) is 6.29 Å². The van der Waals surface area contributed by atoms with Crippen LogP contribution in [0.5, 0.6) is 0 Å². The first kappa shape index (κ1) is 14.4. The lowest BCUT2D eigenvalue weighted by atomic mass is 10.3. The van der Waals surface area contributed by atoms with Gasteiger partial charge < -0.3 is 14.8 Å². The van der Waals surface area contributed by atoms with E-state index in [2.05, 4.69) is 43.8 Å². The molecule has 0 aromatic carbocycles. The van der Waals surface area contributed by atoms with E-state index < -0.39 is 6.29 Å². The van der Waals surface area contributed by atoms with E-state index in [1.54, 1.807) is 0 Å². The average molecular weight is 420 g/mol. The van der Waals surface area contributed by atoms with Gasteiger partial charge in [-0.05, 0) is 38.5 Å². The number of hydrogen-bond donors (Lipinski definition) is 1. The molecule has 1 N–H and O–H groups in total. The summed E-state index contributed by atoms with van der Waals surface area (Å²) in [6, 6.07) is 0. The summed E-state index contributed by atoms with van der Waals surface area (Å²) in [4.78, 5) is 11.8. The fraction of sp³-hybridized carbons (Fsp3) is 0.444. The van der Waals surface area contributed by atoms with Crippen LogP contribution in [0.25, 0.3) is 0 Å². The molecule has 0 bridgehead atoms. The van der Waals surface area contributed by atoms with Gasteiger partial charge >= 0.3 is 0 Å². The highest BCUT2D eigenvalue weighted by atomic mass is 127. The molecule has 1 heterocycles. The van der Waals surface area contributed by atoms with Crippen LogP contribution in [0.1, 0.15) is 10.4 Å². The number of thiophene rings is 1. The Kier molecular flexibility index (Phi) is 6.19. The third-order valence-electron chi connectivity index (χ3n) is 1.89. The Hall–Kier alpha value is 0.300. The summed E-state index contributed by atoms with van der Waals surface area (Å²) in [6.45, 7) is 0.324. The minimum atomic E-state index is -0.416. The first-order valence-electron chi connectivity index (χ1n) is 4.36. The van der Waals surface area contributed by atoms with Gasteiger partial charge in [-0.25, -0.2) is 0 Å². The topological polar surface area (TPSA) is 47.6 Å². The highest BCUT2D eigenvalue weighted by molar-refractivity contribution is 14.1. The van der Waals surface area contributed by atoms with E-state index in [-0.39, 0.29) is 5.91 Å². The Morgan fingerprint density at radius 1 is 1.62 bits per heavy atom. The zero-order valence-corrected chi connectivity index (χ0v) is 13.3. The molecule has 1 rings (SSSR count). The van der Waals surface area contributed by atoms with Crippen LogP contribution < -0.4 is 5.32 Å². The molecule has 0 aliphatic heterocycles. The lowest BCUT2D eigenvalue weighted by Gasteiger charge is -2.13. The SMILES string of the molecule is COC(CNC(=O)c1csc(I)c1Br)OC. The molecule has 16 heavy (non-hydrogen) atoms. The van der Waals surface area contributed by atoms with Crippen LogP contribution in [-0.4, -0.2) is 33.0 Å². The van der Waals surface area contributed by atoms with Crippen molar-refractivity contribution in [3.05, 3.63) is 18.3 Å². The van der Waals surface area contributed by atoms with Crippen molar-refractivity contribution < 1.29 is 14.3 Å². The van der Waals surface area contributed by atoms with E-state index >= 15 is 0 Å². The molecule has 0 spiro atoms. The van der Waals surface area contributed by atoms with Crippen molar-refractivity contribution in [3.8, 4) is 0 Å². The molecule has 0 unspecified atom stereocenters. The van der Waals surface area contributed by atoms with Crippen molar-refractivity contribution in [3.63, 3.8) is 0 Å². The van der Waals surface area contributed by atoms with Crippen LogP contribution in [0.3, 0.4) is 0 Å². The highest BCUT2D eigenvalue weighted by Crippen LogP contribution is 2.29. The van der Waals surface area contributed by atoms with Gasteiger partial charge in [-0.2, -0.15) is 0 Å². The van der Waals surface area contributed by atoms with Crippen molar-refractivity contribution in [2.24, 2.45) is 0 Å². The Labute approximate surface area is 120 Å². The number of rotatable bonds is 5. The van der Waals surface area contributed by atoms with Crippen LogP contribution in [0, 0.1) is 2.88 Å². The number of carbonyl (C=O) groups excluding carboxylic acids is 1. The largest absolute Gasteiger partial charge is 0.354 e. The zero-order chi connectivity index (χ0) is 12.1.